The second kappa shape index (κ2) is 8.16. The van der Waals surface area contributed by atoms with Crippen molar-refractivity contribution in [3.8, 4) is 0 Å². The minimum Gasteiger partial charge on any atom is -0.325 e. The number of carbonyl (C=O) groups is 1. The summed E-state index contributed by atoms with van der Waals surface area (Å²) in [5.41, 5.74) is 6.59. The zero-order valence-corrected chi connectivity index (χ0v) is 18.8. The van der Waals surface area contributed by atoms with Crippen molar-refractivity contribution in [3.63, 3.8) is 0 Å². The van der Waals surface area contributed by atoms with Gasteiger partial charge < -0.3 is 5.32 Å². The Balaban J connectivity index is 1.42. The molecule has 0 aromatic heterocycles. The van der Waals surface area contributed by atoms with Crippen LogP contribution >= 0.6 is 0 Å². The van der Waals surface area contributed by atoms with E-state index in [4.69, 9.17) is 0 Å². The molecule has 5 nitrogen and oxygen atoms in total. The van der Waals surface area contributed by atoms with Crippen molar-refractivity contribution in [1.29, 1.82) is 0 Å². The zero-order chi connectivity index (χ0) is 21.5. The predicted molar refractivity (Wildman–Crippen MR) is 119 cm³/mol. The van der Waals surface area contributed by atoms with Crippen LogP contribution in [0.25, 0.3) is 0 Å². The van der Waals surface area contributed by atoms with E-state index in [2.05, 4.69) is 17.4 Å². The quantitative estimate of drug-likeness (QED) is 0.799. The number of hydrogen-bond donors (Lipinski definition) is 1. The van der Waals surface area contributed by atoms with E-state index in [-0.39, 0.29) is 11.8 Å². The number of sulfonamides is 1. The summed E-state index contributed by atoms with van der Waals surface area (Å²) in [6.07, 6.45) is 4.17. The monoisotopic (exact) mass is 426 g/mol. The number of rotatable bonds is 4. The fourth-order valence-corrected chi connectivity index (χ4v) is 6.34. The van der Waals surface area contributed by atoms with Crippen LogP contribution in [0.2, 0.25) is 0 Å². The highest BCUT2D eigenvalue weighted by Gasteiger charge is 2.32. The summed E-state index contributed by atoms with van der Waals surface area (Å²) in [6.45, 7) is 6.80. The van der Waals surface area contributed by atoms with Gasteiger partial charge in [-0.3, -0.25) is 4.79 Å². The number of nitrogens with zero attached hydrogens (tertiary/aromatic N) is 1. The molecule has 0 spiro atoms. The smallest absolute Gasteiger partial charge is 0.243 e. The maximum absolute atomic E-state index is 13.1. The fourth-order valence-electron chi connectivity index (χ4n) is 4.82. The molecule has 1 fully saturated rings. The van der Waals surface area contributed by atoms with E-state index in [1.165, 1.54) is 15.4 Å². The molecule has 1 saturated heterocycles. The van der Waals surface area contributed by atoms with Crippen LogP contribution in [0.3, 0.4) is 0 Å². The Hall–Kier alpha value is -2.18. The van der Waals surface area contributed by atoms with Gasteiger partial charge >= 0.3 is 0 Å². The highest BCUT2D eigenvalue weighted by Crippen LogP contribution is 2.29. The Labute approximate surface area is 179 Å². The molecule has 0 radical (unpaired) electrons. The maximum Gasteiger partial charge on any atom is 0.243 e. The summed E-state index contributed by atoms with van der Waals surface area (Å²) in [6, 6.07) is 9.67. The van der Waals surface area contributed by atoms with Crippen molar-refractivity contribution < 1.29 is 13.2 Å². The van der Waals surface area contributed by atoms with E-state index < -0.39 is 10.0 Å². The third-order valence-corrected chi connectivity index (χ3v) is 8.35. The van der Waals surface area contributed by atoms with Crippen molar-refractivity contribution in [2.75, 3.05) is 18.4 Å². The number of carbonyl (C=O) groups excluding carboxylic acids is 1. The van der Waals surface area contributed by atoms with Gasteiger partial charge in [-0.1, -0.05) is 23.8 Å². The molecule has 6 heteroatoms. The molecule has 1 heterocycles. The van der Waals surface area contributed by atoms with Gasteiger partial charge in [0.1, 0.15) is 0 Å². The predicted octanol–water partition coefficient (Wildman–Crippen LogP) is 4.14. The molecule has 2 aromatic rings. The molecule has 160 valence electrons. The van der Waals surface area contributed by atoms with E-state index >= 15 is 0 Å². The van der Waals surface area contributed by atoms with Gasteiger partial charge in [0.15, 0.2) is 0 Å². The van der Waals surface area contributed by atoms with E-state index in [0.717, 1.165) is 41.6 Å². The van der Waals surface area contributed by atoms with Crippen molar-refractivity contribution in [2.45, 2.75) is 57.8 Å². The molecule has 0 bridgehead atoms. The van der Waals surface area contributed by atoms with Crippen LogP contribution in [0.5, 0.6) is 0 Å². The first-order valence-electron chi connectivity index (χ1n) is 10.8. The van der Waals surface area contributed by atoms with Crippen LogP contribution < -0.4 is 5.32 Å². The average molecular weight is 427 g/mol. The number of anilines is 1. The largest absolute Gasteiger partial charge is 0.325 e. The van der Waals surface area contributed by atoms with Gasteiger partial charge in [0.2, 0.25) is 15.9 Å². The van der Waals surface area contributed by atoms with Crippen LogP contribution in [0.1, 0.15) is 47.1 Å². The van der Waals surface area contributed by atoms with Crippen molar-refractivity contribution in [2.24, 2.45) is 5.92 Å². The second-order valence-electron chi connectivity index (χ2n) is 8.73. The molecular formula is C24H30N2O3S. The fraction of sp³-hybridized carbons (Fsp3) is 0.458. The van der Waals surface area contributed by atoms with E-state index in [9.17, 15) is 13.2 Å². The van der Waals surface area contributed by atoms with E-state index in [1.807, 2.05) is 32.9 Å². The van der Waals surface area contributed by atoms with Crippen LogP contribution in [0.15, 0.2) is 35.2 Å². The number of amides is 1. The highest BCUT2D eigenvalue weighted by molar-refractivity contribution is 7.89. The molecule has 2 aromatic carbocycles. The Morgan fingerprint density at radius 2 is 1.60 bits per heavy atom. The molecule has 0 saturated carbocycles. The van der Waals surface area contributed by atoms with E-state index in [0.29, 0.717) is 30.8 Å². The van der Waals surface area contributed by atoms with Crippen molar-refractivity contribution in [1.82, 2.24) is 4.31 Å². The lowest BCUT2D eigenvalue weighted by Gasteiger charge is -2.31. The van der Waals surface area contributed by atoms with Crippen LogP contribution in [0, 0.1) is 26.7 Å². The number of benzene rings is 2. The van der Waals surface area contributed by atoms with Gasteiger partial charge in [-0.05, 0) is 87.3 Å². The van der Waals surface area contributed by atoms with Crippen LogP contribution in [-0.2, 0) is 27.7 Å². The number of aryl methyl sites for hydroxylation is 5. The molecule has 2 aliphatic rings. The normalized spacial score (nSPS) is 17.7. The number of fused-ring (bicyclic) bond motifs is 1. The third kappa shape index (κ3) is 4.03. The summed E-state index contributed by atoms with van der Waals surface area (Å²) in [7, 11) is -3.51. The standard InChI is InChI=1S/C24H30N2O3S/c1-16-13-17(2)23(18(3)14-16)25-24(27)20-9-11-26(12-10-20)30(28,29)22-8-7-19-5-4-6-21(19)15-22/h7-8,13-15,20H,4-6,9-12H2,1-3H3,(H,25,27). The first kappa shape index (κ1) is 21.1. The molecule has 30 heavy (non-hydrogen) atoms. The topological polar surface area (TPSA) is 66.5 Å². The Bertz CT molecular complexity index is 1060. The Kier molecular flexibility index (Phi) is 5.73. The molecule has 1 amide bonds. The highest BCUT2D eigenvalue weighted by atomic mass is 32.2. The number of piperidine rings is 1. The molecule has 0 unspecified atom stereocenters. The average Bonchev–Trinajstić information content (AvgIpc) is 3.18. The van der Waals surface area contributed by atoms with Gasteiger partial charge in [-0.25, -0.2) is 8.42 Å². The van der Waals surface area contributed by atoms with Gasteiger partial charge in [-0.15, -0.1) is 0 Å². The minimum atomic E-state index is -3.51. The molecule has 0 atom stereocenters. The first-order valence-corrected chi connectivity index (χ1v) is 12.2. The van der Waals surface area contributed by atoms with E-state index in [1.54, 1.807) is 6.07 Å². The molecule has 1 N–H and O–H groups in total. The van der Waals surface area contributed by atoms with Gasteiger partial charge in [0, 0.05) is 24.7 Å². The lowest BCUT2D eigenvalue weighted by molar-refractivity contribution is -0.120. The second-order valence-corrected chi connectivity index (χ2v) is 10.7. The summed E-state index contributed by atoms with van der Waals surface area (Å²) >= 11 is 0. The molecule has 1 aliphatic heterocycles. The molecule has 4 rings (SSSR count). The number of hydrogen-bond acceptors (Lipinski definition) is 3. The summed E-state index contributed by atoms with van der Waals surface area (Å²) in [5.74, 6) is -0.184. The summed E-state index contributed by atoms with van der Waals surface area (Å²) in [5, 5.41) is 3.08. The maximum atomic E-state index is 13.1. The first-order chi connectivity index (χ1) is 14.3. The lowest BCUT2D eigenvalue weighted by Crippen LogP contribution is -2.41. The lowest BCUT2D eigenvalue weighted by atomic mass is 9.96. The minimum absolute atomic E-state index is 0.0142. The SMILES string of the molecule is Cc1cc(C)c(NC(=O)C2CCN(S(=O)(=O)c3ccc4c(c3)CCC4)CC2)c(C)c1. The van der Waals surface area contributed by atoms with Gasteiger partial charge in [0.05, 0.1) is 4.90 Å². The molecular weight excluding hydrogens is 396 g/mol. The van der Waals surface area contributed by atoms with Crippen molar-refractivity contribution >= 4 is 21.6 Å². The Morgan fingerprint density at radius 3 is 2.27 bits per heavy atom. The van der Waals surface area contributed by atoms with Crippen LogP contribution in [0.4, 0.5) is 5.69 Å². The summed E-state index contributed by atoms with van der Waals surface area (Å²) < 4.78 is 27.7. The Morgan fingerprint density at radius 1 is 0.967 bits per heavy atom. The van der Waals surface area contributed by atoms with Crippen LogP contribution in [-0.4, -0.2) is 31.7 Å². The van der Waals surface area contributed by atoms with Gasteiger partial charge in [0.25, 0.3) is 0 Å². The third-order valence-electron chi connectivity index (χ3n) is 6.46. The zero-order valence-electron chi connectivity index (χ0n) is 18.0. The van der Waals surface area contributed by atoms with Gasteiger partial charge in [-0.2, -0.15) is 4.31 Å². The molecule has 1 aliphatic carbocycles. The van der Waals surface area contributed by atoms with Crippen molar-refractivity contribution in [3.05, 3.63) is 58.1 Å². The summed E-state index contributed by atoms with van der Waals surface area (Å²) in [4.78, 5) is 13.2. The number of nitrogens with one attached hydrogen (secondary N) is 1.